The van der Waals surface area contributed by atoms with Crippen LogP contribution in [0.1, 0.15) is 32.4 Å². The molecule has 0 saturated heterocycles. The van der Waals surface area contributed by atoms with Crippen LogP contribution in [0.3, 0.4) is 0 Å². The van der Waals surface area contributed by atoms with E-state index in [0.717, 1.165) is 12.3 Å². The number of aromatic nitrogens is 2. The zero-order chi connectivity index (χ0) is 14.5. The Hall–Kier alpha value is -1.37. The van der Waals surface area contributed by atoms with Crippen LogP contribution in [-0.2, 0) is 6.18 Å². The quantitative estimate of drug-likeness (QED) is 0.839. The van der Waals surface area contributed by atoms with Crippen LogP contribution in [0.15, 0.2) is 12.3 Å². The molecule has 0 saturated carbocycles. The lowest BCUT2D eigenvalue weighted by atomic mass is 9.83. The van der Waals surface area contributed by atoms with Gasteiger partial charge in [-0.15, -0.1) is 0 Å². The van der Waals surface area contributed by atoms with Crippen molar-refractivity contribution in [2.45, 2.75) is 32.9 Å². The van der Waals surface area contributed by atoms with Gasteiger partial charge in [0.05, 0.1) is 6.61 Å². The SMILES string of the molecule is CCC(CC)(CO)CNc1nccc(C(F)(F)F)n1. The van der Waals surface area contributed by atoms with Crippen molar-refractivity contribution in [3.8, 4) is 0 Å². The summed E-state index contributed by atoms with van der Waals surface area (Å²) in [6, 6.07) is 0.824. The molecule has 19 heavy (non-hydrogen) atoms. The number of anilines is 1. The van der Waals surface area contributed by atoms with E-state index in [1.165, 1.54) is 0 Å². The van der Waals surface area contributed by atoms with Gasteiger partial charge >= 0.3 is 6.18 Å². The van der Waals surface area contributed by atoms with Crippen LogP contribution in [0, 0.1) is 5.41 Å². The molecule has 0 radical (unpaired) electrons. The molecule has 0 aromatic carbocycles. The number of aliphatic hydroxyl groups excluding tert-OH is 1. The smallest absolute Gasteiger partial charge is 0.396 e. The number of hydrogen-bond acceptors (Lipinski definition) is 4. The van der Waals surface area contributed by atoms with E-state index in [0.29, 0.717) is 19.4 Å². The first-order chi connectivity index (χ1) is 8.87. The number of nitrogens with one attached hydrogen (secondary N) is 1. The molecule has 7 heteroatoms. The van der Waals surface area contributed by atoms with Gasteiger partial charge in [-0.25, -0.2) is 9.97 Å². The molecule has 0 unspecified atom stereocenters. The van der Waals surface area contributed by atoms with Gasteiger partial charge in [-0.05, 0) is 18.9 Å². The number of halogens is 3. The maximum Gasteiger partial charge on any atom is 0.433 e. The molecule has 0 bridgehead atoms. The van der Waals surface area contributed by atoms with Crippen molar-refractivity contribution in [2.24, 2.45) is 5.41 Å². The van der Waals surface area contributed by atoms with Crippen LogP contribution in [0.4, 0.5) is 19.1 Å². The van der Waals surface area contributed by atoms with Crippen molar-refractivity contribution in [2.75, 3.05) is 18.5 Å². The average molecular weight is 277 g/mol. The number of alkyl halides is 3. The molecule has 0 aliphatic rings. The minimum absolute atomic E-state index is 0.0358. The summed E-state index contributed by atoms with van der Waals surface area (Å²) in [5.41, 5.74) is -1.34. The molecule has 0 aliphatic heterocycles. The first-order valence-corrected chi connectivity index (χ1v) is 6.12. The third-order valence-corrected chi connectivity index (χ3v) is 3.40. The van der Waals surface area contributed by atoms with Crippen LogP contribution in [0.5, 0.6) is 0 Å². The van der Waals surface area contributed by atoms with E-state index in [4.69, 9.17) is 0 Å². The molecule has 1 heterocycles. The van der Waals surface area contributed by atoms with Crippen molar-refractivity contribution >= 4 is 5.95 Å². The zero-order valence-corrected chi connectivity index (χ0v) is 11.0. The van der Waals surface area contributed by atoms with Gasteiger partial charge in [-0.2, -0.15) is 13.2 Å². The lowest BCUT2D eigenvalue weighted by Crippen LogP contribution is -2.32. The summed E-state index contributed by atoms with van der Waals surface area (Å²) in [6.45, 7) is 4.15. The van der Waals surface area contributed by atoms with Crippen molar-refractivity contribution in [3.63, 3.8) is 0 Å². The van der Waals surface area contributed by atoms with Crippen molar-refractivity contribution in [1.82, 2.24) is 9.97 Å². The second kappa shape index (κ2) is 6.18. The van der Waals surface area contributed by atoms with E-state index in [9.17, 15) is 18.3 Å². The third kappa shape index (κ3) is 4.05. The fourth-order valence-corrected chi connectivity index (χ4v) is 1.65. The molecule has 0 fully saturated rings. The topological polar surface area (TPSA) is 58.0 Å². The molecule has 0 atom stereocenters. The molecule has 1 aromatic heterocycles. The van der Waals surface area contributed by atoms with Gasteiger partial charge in [-0.1, -0.05) is 13.8 Å². The molecule has 0 aliphatic carbocycles. The highest BCUT2D eigenvalue weighted by atomic mass is 19.4. The second-order valence-electron chi connectivity index (χ2n) is 4.48. The highest BCUT2D eigenvalue weighted by Crippen LogP contribution is 2.28. The maximum atomic E-state index is 12.5. The lowest BCUT2D eigenvalue weighted by Gasteiger charge is -2.29. The van der Waals surface area contributed by atoms with Crippen molar-refractivity contribution in [1.29, 1.82) is 0 Å². The Kier molecular flexibility index (Phi) is 5.11. The highest BCUT2D eigenvalue weighted by molar-refractivity contribution is 5.26. The first kappa shape index (κ1) is 15.7. The summed E-state index contributed by atoms with van der Waals surface area (Å²) in [5.74, 6) is -0.0745. The van der Waals surface area contributed by atoms with Crippen LogP contribution >= 0.6 is 0 Å². The Labute approximate surface area is 110 Å². The zero-order valence-electron chi connectivity index (χ0n) is 11.0. The van der Waals surface area contributed by atoms with Crippen LogP contribution in [0.25, 0.3) is 0 Å². The van der Waals surface area contributed by atoms with Gasteiger partial charge < -0.3 is 10.4 Å². The predicted octanol–water partition coefficient (Wildman–Crippen LogP) is 2.71. The molecule has 2 N–H and O–H groups in total. The summed E-state index contributed by atoms with van der Waals surface area (Å²) >= 11 is 0. The number of nitrogens with zero attached hydrogens (tertiary/aromatic N) is 2. The molecule has 108 valence electrons. The molecule has 1 aromatic rings. The van der Waals surface area contributed by atoms with Gasteiger partial charge in [0.25, 0.3) is 0 Å². The van der Waals surface area contributed by atoms with Gasteiger partial charge in [0, 0.05) is 18.2 Å². The standard InChI is InChI=1S/C12H18F3N3O/c1-3-11(4-2,8-19)7-17-10-16-6-5-9(18-10)12(13,14)15/h5-6,19H,3-4,7-8H2,1-2H3,(H,16,17,18). The minimum Gasteiger partial charge on any atom is -0.396 e. The lowest BCUT2D eigenvalue weighted by molar-refractivity contribution is -0.141. The first-order valence-electron chi connectivity index (χ1n) is 6.12. The molecule has 1 rings (SSSR count). The van der Waals surface area contributed by atoms with E-state index >= 15 is 0 Å². The van der Waals surface area contributed by atoms with E-state index in [1.807, 2.05) is 13.8 Å². The summed E-state index contributed by atoms with van der Waals surface area (Å²) in [4.78, 5) is 7.18. The molecular weight excluding hydrogens is 259 g/mol. The van der Waals surface area contributed by atoms with E-state index < -0.39 is 11.9 Å². The van der Waals surface area contributed by atoms with Crippen LogP contribution in [0.2, 0.25) is 0 Å². The number of rotatable bonds is 6. The van der Waals surface area contributed by atoms with Crippen LogP contribution < -0.4 is 5.32 Å². The highest BCUT2D eigenvalue weighted by Gasteiger charge is 2.33. The number of hydrogen-bond donors (Lipinski definition) is 2. The fraction of sp³-hybridized carbons (Fsp3) is 0.667. The predicted molar refractivity (Wildman–Crippen MR) is 65.6 cm³/mol. The van der Waals surface area contributed by atoms with Crippen LogP contribution in [-0.4, -0.2) is 28.2 Å². The Morgan fingerprint density at radius 1 is 1.26 bits per heavy atom. The van der Waals surface area contributed by atoms with Crippen molar-refractivity contribution < 1.29 is 18.3 Å². The third-order valence-electron chi connectivity index (χ3n) is 3.40. The van der Waals surface area contributed by atoms with E-state index in [-0.39, 0.29) is 18.0 Å². The fourth-order valence-electron chi connectivity index (χ4n) is 1.65. The Morgan fingerprint density at radius 3 is 2.37 bits per heavy atom. The Balaban J connectivity index is 2.78. The number of aliphatic hydroxyl groups is 1. The molecular formula is C12H18F3N3O. The van der Waals surface area contributed by atoms with Crippen molar-refractivity contribution in [3.05, 3.63) is 18.0 Å². The van der Waals surface area contributed by atoms with Gasteiger partial charge in [0.15, 0.2) is 0 Å². The normalized spacial score (nSPS) is 12.5. The molecule has 4 nitrogen and oxygen atoms in total. The monoisotopic (exact) mass is 277 g/mol. The van der Waals surface area contributed by atoms with E-state index in [2.05, 4.69) is 15.3 Å². The second-order valence-corrected chi connectivity index (χ2v) is 4.48. The Bertz CT molecular complexity index is 397. The van der Waals surface area contributed by atoms with Gasteiger partial charge in [-0.3, -0.25) is 0 Å². The Morgan fingerprint density at radius 2 is 1.89 bits per heavy atom. The maximum absolute atomic E-state index is 12.5. The summed E-state index contributed by atoms with van der Waals surface area (Å²) in [6.07, 6.45) is -1.99. The van der Waals surface area contributed by atoms with Gasteiger partial charge in [0.2, 0.25) is 5.95 Å². The molecule has 0 spiro atoms. The van der Waals surface area contributed by atoms with E-state index in [1.54, 1.807) is 0 Å². The summed E-state index contributed by atoms with van der Waals surface area (Å²) < 4.78 is 37.4. The largest absolute Gasteiger partial charge is 0.433 e. The summed E-state index contributed by atoms with van der Waals surface area (Å²) in [5, 5.41) is 12.1. The summed E-state index contributed by atoms with van der Waals surface area (Å²) in [7, 11) is 0. The average Bonchev–Trinajstić information content (AvgIpc) is 2.40. The minimum atomic E-state index is -4.48. The molecule has 0 amide bonds. The van der Waals surface area contributed by atoms with Gasteiger partial charge in [0.1, 0.15) is 5.69 Å².